The molecule has 0 bridgehead atoms. The van der Waals surface area contributed by atoms with Crippen molar-refractivity contribution in [3.8, 4) is 11.1 Å². The van der Waals surface area contributed by atoms with Crippen molar-refractivity contribution < 1.29 is 0 Å². The molecule has 0 radical (unpaired) electrons. The molecule has 8 rings (SSSR count). The highest BCUT2D eigenvalue weighted by Gasteiger charge is 2.42. The van der Waals surface area contributed by atoms with Gasteiger partial charge in [-0.1, -0.05) is 214 Å². The Bertz CT molecular complexity index is 2760. The number of anilines is 1. The first-order chi connectivity index (χ1) is 31.0. The van der Waals surface area contributed by atoms with E-state index in [0.717, 1.165) is 51.4 Å². The molecule has 3 aliphatic carbocycles. The van der Waals surface area contributed by atoms with Crippen LogP contribution in [0.3, 0.4) is 0 Å². The Hall–Kier alpha value is -7.01. The van der Waals surface area contributed by atoms with E-state index in [2.05, 4.69) is 221 Å². The predicted octanol–water partition coefficient (Wildman–Crippen LogP) is 15.4. The largest absolute Gasteiger partial charge is 0.298 e. The van der Waals surface area contributed by atoms with Crippen LogP contribution in [0.5, 0.6) is 0 Å². The molecule has 0 spiro atoms. The summed E-state index contributed by atoms with van der Waals surface area (Å²) >= 11 is 1.82. The van der Waals surface area contributed by atoms with Crippen LogP contribution in [0.25, 0.3) is 21.6 Å². The predicted molar refractivity (Wildman–Crippen MR) is 275 cm³/mol. The fourth-order valence-corrected chi connectivity index (χ4v) is 9.42. The van der Waals surface area contributed by atoms with Crippen molar-refractivity contribution in [1.82, 2.24) is 0 Å². The fraction of sp³-hybridized carbons (Fsp3) is 0.119. The number of hydrogen-bond donors (Lipinski definition) is 0. The third-order valence-electron chi connectivity index (χ3n) is 11.7. The maximum atomic E-state index is 5.20. The summed E-state index contributed by atoms with van der Waals surface area (Å²) in [4.78, 5) is 14.8. The Labute approximate surface area is 378 Å². The normalized spacial score (nSPS) is 19.8. The van der Waals surface area contributed by atoms with Gasteiger partial charge in [-0.15, -0.1) is 0 Å². The van der Waals surface area contributed by atoms with Gasteiger partial charge in [0.1, 0.15) is 5.82 Å². The molecule has 4 aromatic carbocycles. The Kier molecular flexibility index (Phi) is 13.7. The van der Waals surface area contributed by atoms with E-state index in [4.69, 9.17) is 9.98 Å². The average molecular weight is 836 g/mol. The van der Waals surface area contributed by atoms with Gasteiger partial charge in [-0.25, -0.2) is 4.99 Å². The summed E-state index contributed by atoms with van der Waals surface area (Å²) in [6.07, 6.45) is 37.8. The lowest BCUT2D eigenvalue weighted by Crippen LogP contribution is -2.24. The molecule has 0 amide bonds. The summed E-state index contributed by atoms with van der Waals surface area (Å²) in [7, 11) is 0. The van der Waals surface area contributed by atoms with Gasteiger partial charge in [0, 0.05) is 33.4 Å². The highest BCUT2D eigenvalue weighted by Crippen LogP contribution is 2.54. The Balaban J connectivity index is 1.24. The third-order valence-corrected chi connectivity index (χ3v) is 12.9. The van der Waals surface area contributed by atoms with E-state index in [0.29, 0.717) is 18.3 Å². The molecule has 0 saturated heterocycles. The smallest absolute Gasteiger partial charge is 0.138 e. The van der Waals surface area contributed by atoms with Crippen LogP contribution in [0.4, 0.5) is 5.69 Å². The van der Waals surface area contributed by atoms with Crippen LogP contribution in [-0.4, -0.2) is 19.0 Å². The van der Waals surface area contributed by atoms with Crippen molar-refractivity contribution in [1.29, 1.82) is 0 Å². The first-order valence-corrected chi connectivity index (χ1v) is 22.5. The first kappa shape index (κ1) is 42.7. The van der Waals surface area contributed by atoms with E-state index in [9.17, 15) is 0 Å². The van der Waals surface area contributed by atoms with Gasteiger partial charge in [0.05, 0.1) is 17.9 Å². The van der Waals surface area contributed by atoms with Crippen LogP contribution in [0.2, 0.25) is 0 Å². The van der Waals surface area contributed by atoms with Gasteiger partial charge >= 0.3 is 0 Å². The second-order valence-electron chi connectivity index (χ2n) is 15.9. The average Bonchev–Trinajstić information content (AvgIpc) is 3.67. The third kappa shape index (κ3) is 9.73. The van der Waals surface area contributed by atoms with E-state index in [-0.39, 0.29) is 11.8 Å². The molecule has 0 aromatic heterocycles. The quantitative estimate of drug-likeness (QED) is 0.0881. The molecule has 1 aliphatic heterocycles. The molecular formula is C59H53N3S. The van der Waals surface area contributed by atoms with Crippen molar-refractivity contribution in [2.45, 2.75) is 26.2 Å². The zero-order valence-electron chi connectivity index (χ0n) is 36.1. The van der Waals surface area contributed by atoms with Gasteiger partial charge in [0.25, 0.3) is 0 Å². The highest BCUT2D eigenvalue weighted by atomic mass is 32.2. The lowest BCUT2D eigenvalue weighted by Gasteiger charge is -2.31. The van der Waals surface area contributed by atoms with Crippen LogP contribution < -0.4 is 4.90 Å². The summed E-state index contributed by atoms with van der Waals surface area (Å²) < 4.78 is 0. The van der Waals surface area contributed by atoms with E-state index < -0.39 is 0 Å². The van der Waals surface area contributed by atoms with Crippen molar-refractivity contribution >= 4 is 40.4 Å². The zero-order valence-corrected chi connectivity index (χ0v) is 37.0. The summed E-state index contributed by atoms with van der Waals surface area (Å²) in [6.45, 7) is 16.9. The molecular weight excluding hydrogens is 783 g/mol. The lowest BCUT2D eigenvalue weighted by atomic mass is 9.76. The molecule has 0 fully saturated rings. The van der Waals surface area contributed by atoms with Crippen LogP contribution in [0, 0.1) is 11.8 Å². The van der Waals surface area contributed by atoms with Crippen LogP contribution in [0.15, 0.2) is 257 Å². The number of thioether (sulfide) groups is 1. The maximum Gasteiger partial charge on any atom is 0.138 e. The minimum absolute atomic E-state index is 0.100. The summed E-state index contributed by atoms with van der Waals surface area (Å²) in [6, 6.07) is 36.6. The number of aliphatic imine (C=N–C) groups is 2. The second-order valence-corrected chi connectivity index (χ2v) is 17.0. The molecule has 3 atom stereocenters. The molecule has 3 nitrogen and oxygen atoms in total. The number of hydrogen-bond acceptors (Lipinski definition) is 4. The minimum atomic E-state index is 0.100. The van der Waals surface area contributed by atoms with E-state index >= 15 is 0 Å². The number of benzene rings is 4. The molecule has 310 valence electrons. The van der Waals surface area contributed by atoms with Gasteiger partial charge < -0.3 is 0 Å². The van der Waals surface area contributed by atoms with E-state index in [1.54, 1.807) is 6.08 Å². The van der Waals surface area contributed by atoms with Crippen LogP contribution in [0.1, 0.15) is 48.4 Å². The number of allylic oxidation sites excluding steroid dienone is 19. The van der Waals surface area contributed by atoms with Gasteiger partial charge in [0.2, 0.25) is 0 Å². The van der Waals surface area contributed by atoms with E-state index in [1.807, 2.05) is 30.0 Å². The topological polar surface area (TPSA) is 28.0 Å². The molecule has 3 unspecified atom stereocenters. The van der Waals surface area contributed by atoms with Gasteiger partial charge in [-0.05, 0) is 94.3 Å². The van der Waals surface area contributed by atoms with Gasteiger partial charge in [-0.3, -0.25) is 9.89 Å². The summed E-state index contributed by atoms with van der Waals surface area (Å²) in [5, 5.41) is 0. The maximum absolute atomic E-state index is 5.20. The molecule has 4 heteroatoms. The Morgan fingerprint density at radius 1 is 0.810 bits per heavy atom. The summed E-state index contributed by atoms with van der Waals surface area (Å²) in [5.41, 5.74) is 13.3. The van der Waals surface area contributed by atoms with E-state index in [1.165, 1.54) is 32.1 Å². The Morgan fingerprint density at radius 2 is 1.57 bits per heavy atom. The monoisotopic (exact) mass is 835 g/mol. The number of rotatable bonds is 15. The minimum Gasteiger partial charge on any atom is -0.298 e. The zero-order chi connectivity index (χ0) is 43.5. The first-order valence-electron chi connectivity index (χ1n) is 21.7. The molecule has 63 heavy (non-hydrogen) atoms. The molecule has 4 aromatic rings. The van der Waals surface area contributed by atoms with Crippen LogP contribution in [-0.2, 0) is 0 Å². The summed E-state index contributed by atoms with van der Waals surface area (Å²) in [5.74, 6) is 1.56. The van der Waals surface area contributed by atoms with Gasteiger partial charge in [0.15, 0.2) is 0 Å². The van der Waals surface area contributed by atoms with Crippen molar-refractivity contribution in [3.05, 3.63) is 269 Å². The molecule has 4 aliphatic rings. The van der Waals surface area contributed by atoms with Crippen molar-refractivity contribution in [3.63, 3.8) is 0 Å². The van der Waals surface area contributed by atoms with Crippen molar-refractivity contribution in [2.75, 3.05) is 11.4 Å². The van der Waals surface area contributed by atoms with Crippen LogP contribution >= 0.6 is 11.8 Å². The molecule has 0 N–H and O–H groups in total. The van der Waals surface area contributed by atoms with Gasteiger partial charge in [-0.2, -0.15) is 0 Å². The van der Waals surface area contributed by atoms with Crippen molar-refractivity contribution in [2.24, 2.45) is 21.8 Å². The molecule has 1 heterocycles. The lowest BCUT2D eigenvalue weighted by molar-refractivity contribution is 0.648. The fourth-order valence-electron chi connectivity index (χ4n) is 8.45. The molecule has 0 saturated carbocycles. The standard InChI is InChI=1S/C59H53N3S/c1-6-17-43(8-3)41-61-54(48-29-27-46(28-30-48)45-19-11-9-12-20-45)40-58(60-5)62-55-37-32-47-21-15-16-24-52(47)59(55)53-36-31-50(39-56(53)62)44(18-7-2)33-38-57(49-22-13-10-14-23-49)63-51-34-25-42(4)26-35-51/h6-25,27-40,42,52,59H,1,3,5,26,41H2,2,4H3/b18-7+,43-17+,44-33+,57-38+,58-40+,61-54?. The SMILES string of the molecule is C=C/C=C(\C=C)CN=C(/C=C(\N=C)N1C2=CC=C3C=CC=CC3C2c2ccc(C(/C=C/C)=C/C=C(/SC3=CCC(C)C=C3)c3ccccc3)cc21)c1ccc(-c2ccccc2)cc1. The highest BCUT2D eigenvalue weighted by molar-refractivity contribution is 8.12. The Morgan fingerprint density at radius 3 is 2.29 bits per heavy atom. The second kappa shape index (κ2) is 20.2. The number of nitrogens with zero attached hydrogens (tertiary/aromatic N) is 3. The number of fused-ring (bicyclic) bond motifs is 5.